The van der Waals surface area contributed by atoms with Gasteiger partial charge in [-0.3, -0.25) is 19.5 Å². The zero-order chi connectivity index (χ0) is 21.3. The van der Waals surface area contributed by atoms with Gasteiger partial charge in [0, 0.05) is 18.0 Å². The molecule has 0 bridgehead atoms. The summed E-state index contributed by atoms with van der Waals surface area (Å²) in [5.41, 5.74) is 1.02. The number of Topliss-reactive ketones (excluding diaryl/α,β-unsaturated/α-hetero) is 1. The molecule has 0 spiro atoms. The lowest BCUT2D eigenvalue weighted by Crippen LogP contribution is -2.29. The molecule has 1 saturated heterocycles. The summed E-state index contributed by atoms with van der Waals surface area (Å²) >= 11 is 1.20. The highest BCUT2D eigenvalue weighted by molar-refractivity contribution is 7.15. The number of aliphatic hydroxyl groups excluding tert-OH is 1. The van der Waals surface area contributed by atoms with Crippen LogP contribution in [0.5, 0.6) is 5.75 Å². The van der Waals surface area contributed by atoms with Crippen LogP contribution in [0.4, 0.5) is 5.13 Å². The van der Waals surface area contributed by atoms with E-state index in [0.29, 0.717) is 33.6 Å². The Kier molecular flexibility index (Phi) is 5.28. The Bertz CT molecular complexity index is 1130. The fraction of sp³-hybridized carbons (Fsp3) is 0.190. The average molecular weight is 422 g/mol. The Morgan fingerprint density at radius 3 is 2.43 bits per heavy atom. The van der Waals surface area contributed by atoms with Crippen LogP contribution in [0.15, 0.2) is 54.4 Å². The minimum absolute atomic E-state index is 0.0109. The Morgan fingerprint density at radius 2 is 1.83 bits per heavy atom. The maximum Gasteiger partial charge on any atom is 0.301 e. The van der Waals surface area contributed by atoms with Gasteiger partial charge in [0.15, 0.2) is 0 Å². The van der Waals surface area contributed by atoms with E-state index in [0.717, 1.165) is 0 Å². The molecule has 1 atom stereocenters. The molecule has 0 saturated carbocycles. The number of nitrogens with zero attached hydrogens (tertiary/aromatic N) is 4. The molecule has 0 aliphatic carbocycles. The Balaban J connectivity index is 1.89. The number of aryl methyl sites for hydroxylation is 1. The zero-order valence-electron chi connectivity index (χ0n) is 16.3. The van der Waals surface area contributed by atoms with Crippen molar-refractivity contribution in [1.82, 2.24) is 15.2 Å². The van der Waals surface area contributed by atoms with Crippen LogP contribution < -0.4 is 9.64 Å². The maximum absolute atomic E-state index is 13.0. The summed E-state index contributed by atoms with van der Waals surface area (Å²) in [6.07, 6.45) is 3.01. The smallest absolute Gasteiger partial charge is 0.301 e. The van der Waals surface area contributed by atoms with Gasteiger partial charge in [0.1, 0.15) is 16.5 Å². The van der Waals surface area contributed by atoms with Gasteiger partial charge in [-0.25, -0.2) is 0 Å². The van der Waals surface area contributed by atoms with Crippen LogP contribution in [0, 0.1) is 6.92 Å². The molecular formula is C21H18N4O4S. The number of benzene rings is 1. The van der Waals surface area contributed by atoms with Crippen LogP contribution in [0.1, 0.15) is 29.1 Å². The SMILES string of the molecule is CCOc1ccc(C2/C(=C(\O)c3ccncc3)C(=O)C(=O)N2c2nnc(C)s2)cc1. The molecule has 1 unspecified atom stereocenters. The highest BCUT2D eigenvalue weighted by Crippen LogP contribution is 2.43. The highest BCUT2D eigenvalue weighted by Gasteiger charge is 2.48. The molecule has 8 nitrogen and oxygen atoms in total. The van der Waals surface area contributed by atoms with E-state index in [1.165, 1.54) is 28.6 Å². The number of ether oxygens (including phenoxy) is 1. The summed E-state index contributed by atoms with van der Waals surface area (Å²) in [5.74, 6) is -1.14. The summed E-state index contributed by atoms with van der Waals surface area (Å²) in [7, 11) is 0. The van der Waals surface area contributed by atoms with Gasteiger partial charge in [-0.15, -0.1) is 10.2 Å². The lowest BCUT2D eigenvalue weighted by Gasteiger charge is -2.22. The maximum atomic E-state index is 13.0. The molecule has 9 heteroatoms. The van der Waals surface area contributed by atoms with Crippen LogP contribution in [0.3, 0.4) is 0 Å². The van der Waals surface area contributed by atoms with Crippen molar-refractivity contribution in [2.45, 2.75) is 19.9 Å². The molecule has 1 aromatic carbocycles. The first-order valence-corrected chi connectivity index (χ1v) is 10.1. The molecule has 1 aliphatic rings. The van der Waals surface area contributed by atoms with Crippen molar-refractivity contribution in [3.8, 4) is 5.75 Å². The van der Waals surface area contributed by atoms with E-state index < -0.39 is 17.7 Å². The summed E-state index contributed by atoms with van der Waals surface area (Å²) in [5, 5.41) is 19.9. The van der Waals surface area contributed by atoms with E-state index >= 15 is 0 Å². The van der Waals surface area contributed by atoms with Gasteiger partial charge in [0.25, 0.3) is 5.78 Å². The Hall–Kier alpha value is -3.59. The number of anilines is 1. The van der Waals surface area contributed by atoms with Gasteiger partial charge in [0.05, 0.1) is 18.2 Å². The van der Waals surface area contributed by atoms with Crippen LogP contribution >= 0.6 is 11.3 Å². The number of carbonyl (C=O) groups excluding carboxylic acids is 2. The second kappa shape index (κ2) is 8.03. The van der Waals surface area contributed by atoms with E-state index in [9.17, 15) is 14.7 Å². The monoisotopic (exact) mass is 422 g/mol. The molecule has 30 heavy (non-hydrogen) atoms. The Morgan fingerprint density at radius 1 is 1.13 bits per heavy atom. The van der Waals surface area contributed by atoms with Crippen molar-refractivity contribution in [1.29, 1.82) is 0 Å². The number of carbonyl (C=O) groups is 2. The molecule has 152 valence electrons. The van der Waals surface area contributed by atoms with Crippen LogP contribution in [-0.2, 0) is 9.59 Å². The van der Waals surface area contributed by atoms with Gasteiger partial charge in [-0.05, 0) is 43.7 Å². The number of aromatic nitrogens is 3. The van der Waals surface area contributed by atoms with Crippen LogP contribution in [0.25, 0.3) is 5.76 Å². The molecular weight excluding hydrogens is 404 g/mol. The normalized spacial score (nSPS) is 18.1. The number of rotatable bonds is 5. The third-order valence-corrected chi connectivity index (χ3v) is 5.46. The van der Waals surface area contributed by atoms with E-state index in [-0.39, 0.29) is 11.3 Å². The molecule has 1 amide bonds. The van der Waals surface area contributed by atoms with Crippen molar-refractivity contribution in [2.24, 2.45) is 0 Å². The van der Waals surface area contributed by atoms with Crippen molar-refractivity contribution < 1.29 is 19.4 Å². The second-order valence-corrected chi connectivity index (χ2v) is 7.67. The molecule has 4 rings (SSSR count). The first kappa shape index (κ1) is 19.7. The standard InChI is InChI=1S/C21H18N4O4S/c1-3-29-15-6-4-13(5-7-15)17-16(18(26)14-8-10-22-11-9-14)19(27)20(28)25(17)21-24-23-12(2)30-21/h4-11,17,26H,3H2,1-2H3/b18-16+. The first-order chi connectivity index (χ1) is 14.5. The number of hydrogen-bond donors (Lipinski definition) is 1. The molecule has 0 radical (unpaired) electrons. The van der Waals surface area contributed by atoms with Crippen molar-refractivity contribution in [3.05, 3.63) is 70.5 Å². The number of hydrogen-bond acceptors (Lipinski definition) is 8. The van der Waals surface area contributed by atoms with Crippen LogP contribution in [-0.4, -0.2) is 38.6 Å². The summed E-state index contributed by atoms with van der Waals surface area (Å²) in [4.78, 5) is 31.1. The molecule has 3 aromatic rings. The molecule has 1 N–H and O–H groups in total. The zero-order valence-corrected chi connectivity index (χ0v) is 17.1. The number of ketones is 1. The first-order valence-electron chi connectivity index (χ1n) is 9.25. The topological polar surface area (TPSA) is 106 Å². The van der Waals surface area contributed by atoms with Gasteiger partial charge < -0.3 is 9.84 Å². The molecule has 1 fully saturated rings. The largest absolute Gasteiger partial charge is 0.507 e. The van der Waals surface area contributed by atoms with Gasteiger partial charge in [0.2, 0.25) is 5.13 Å². The predicted molar refractivity (Wildman–Crippen MR) is 111 cm³/mol. The lowest BCUT2D eigenvalue weighted by atomic mass is 9.95. The summed E-state index contributed by atoms with van der Waals surface area (Å²) in [6.45, 7) is 4.17. The number of aliphatic hydroxyl groups is 1. The van der Waals surface area contributed by atoms with E-state index in [1.54, 1.807) is 43.3 Å². The van der Waals surface area contributed by atoms with Crippen molar-refractivity contribution >= 4 is 33.9 Å². The van der Waals surface area contributed by atoms with Crippen molar-refractivity contribution in [3.63, 3.8) is 0 Å². The molecule has 3 heterocycles. The third kappa shape index (κ3) is 3.43. The average Bonchev–Trinajstić information content (AvgIpc) is 3.30. The van der Waals surface area contributed by atoms with E-state index in [1.807, 2.05) is 6.92 Å². The number of amides is 1. The summed E-state index contributed by atoms with van der Waals surface area (Å²) < 4.78 is 5.49. The van der Waals surface area contributed by atoms with Gasteiger partial charge in [-0.1, -0.05) is 23.5 Å². The third-order valence-electron chi connectivity index (χ3n) is 4.63. The number of pyridine rings is 1. The summed E-state index contributed by atoms with van der Waals surface area (Å²) in [6, 6.07) is 9.36. The van der Waals surface area contributed by atoms with Gasteiger partial charge >= 0.3 is 5.91 Å². The minimum atomic E-state index is -0.846. The van der Waals surface area contributed by atoms with E-state index in [2.05, 4.69) is 15.2 Å². The second-order valence-electron chi connectivity index (χ2n) is 6.51. The van der Waals surface area contributed by atoms with Crippen LogP contribution in [0.2, 0.25) is 0 Å². The molecule has 1 aliphatic heterocycles. The van der Waals surface area contributed by atoms with E-state index in [4.69, 9.17) is 4.74 Å². The fourth-order valence-corrected chi connectivity index (χ4v) is 4.02. The van der Waals surface area contributed by atoms with Gasteiger partial charge in [-0.2, -0.15) is 0 Å². The predicted octanol–water partition coefficient (Wildman–Crippen LogP) is 3.27. The minimum Gasteiger partial charge on any atom is -0.507 e. The fourth-order valence-electron chi connectivity index (χ4n) is 3.31. The quantitative estimate of drug-likeness (QED) is 0.382. The Labute approximate surface area is 176 Å². The molecule has 2 aromatic heterocycles. The highest BCUT2D eigenvalue weighted by atomic mass is 32.1. The van der Waals surface area contributed by atoms with Crippen molar-refractivity contribution in [2.75, 3.05) is 11.5 Å². The lowest BCUT2D eigenvalue weighted by molar-refractivity contribution is -0.132.